The van der Waals surface area contributed by atoms with E-state index < -0.39 is 11.7 Å². The molecule has 0 amide bonds. The first-order chi connectivity index (χ1) is 9.04. The van der Waals surface area contributed by atoms with Gasteiger partial charge in [-0.15, -0.1) is 0 Å². The molecule has 2 atom stereocenters. The molecule has 2 saturated heterocycles. The molecule has 1 aromatic rings. The Kier molecular flexibility index (Phi) is 3.17. The van der Waals surface area contributed by atoms with E-state index in [-0.39, 0.29) is 0 Å². The molecule has 1 aromatic carbocycles. The Morgan fingerprint density at radius 3 is 2.53 bits per heavy atom. The molecule has 2 fully saturated rings. The Bertz CT molecular complexity index is 441. The van der Waals surface area contributed by atoms with Gasteiger partial charge in [-0.25, -0.2) is 0 Å². The van der Waals surface area contributed by atoms with Crippen LogP contribution in [0.2, 0.25) is 0 Å². The van der Waals surface area contributed by atoms with E-state index in [1.54, 1.807) is 12.1 Å². The van der Waals surface area contributed by atoms with Crippen molar-refractivity contribution in [3.8, 4) is 0 Å². The molecule has 0 saturated carbocycles. The van der Waals surface area contributed by atoms with Crippen molar-refractivity contribution in [2.24, 2.45) is 5.92 Å². The molecule has 5 heteroatoms. The van der Waals surface area contributed by atoms with Gasteiger partial charge in [0.2, 0.25) is 0 Å². The quantitative estimate of drug-likeness (QED) is 0.844. The predicted molar refractivity (Wildman–Crippen MR) is 68.2 cm³/mol. The molecule has 1 N–H and O–H groups in total. The second kappa shape index (κ2) is 4.71. The van der Waals surface area contributed by atoms with Gasteiger partial charge in [0.05, 0.1) is 5.56 Å². The minimum atomic E-state index is -4.25. The van der Waals surface area contributed by atoms with E-state index in [2.05, 4.69) is 10.2 Å². The average Bonchev–Trinajstić information content (AvgIpc) is 2.85. The lowest BCUT2D eigenvalue weighted by atomic mass is 9.92. The van der Waals surface area contributed by atoms with Crippen LogP contribution in [0.15, 0.2) is 24.3 Å². The molecule has 2 aliphatic rings. The lowest BCUT2D eigenvalue weighted by Gasteiger charge is -2.36. The highest BCUT2D eigenvalue weighted by atomic mass is 19.4. The molecule has 0 spiro atoms. The summed E-state index contributed by atoms with van der Waals surface area (Å²) >= 11 is 0. The second-order valence-corrected chi connectivity index (χ2v) is 5.39. The third kappa shape index (κ3) is 2.56. The molecular formula is C14H17F3N2. The molecule has 0 aliphatic carbocycles. The maximum absolute atomic E-state index is 12.5. The van der Waals surface area contributed by atoms with Crippen molar-refractivity contribution in [3.63, 3.8) is 0 Å². The number of nitrogens with zero attached hydrogens (tertiary/aromatic N) is 1. The first kappa shape index (κ1) is 12.8. The molecule has 104 valence electrons. The fourth-order valence-electron chi connectivity index (χ4n) is 3.13. The fourth-order valence-corrected chi connectivity index (χ4v) is 3.13. The van der Waals surface area contributed by atoms with Crippen molar-refractivity contribution in [2.75, 3.05) is 24.5 Å². The lowest BCUT2D eigenvalue weighted by Crippen LogP contribution is -2.46. The Morgan fingerprint density at radius 2 is 1.84 bits per heavy atom. The van der Waals surface area contributed by atoms with Crippen LogP contribution in [0.1, 0.15) is 18.4 Å². The van der Waals surface area contributed by atoms with Gasteiger partial charge in [0.1, 0.15) is 0 Å². The van der Waals surface area contributed by atoms with E-state index in [1.807, 2.05) is 0 Å². The Morgan fingerprint density at radius 1 is 1.11 bits per heavy atom. The van der Waals surface area contributed by atoms with Gasteiger partial charge in [0.15, 0.2) is 0 Å². The number of piperidine rings is 1. The van der Waals surface area contributed by atoms with Crippen LogP contribution >= 0.6 is 0 Å². The van der Waals surface area contributed by atoms with E-state index in [1.165, 1.54) is 18.6 Å². The van der Waals surface area contributed by atoms with Crippen molar-refractivity contribution < 1.29 is 13.2 Å². The normalized spacial score (nSPS) is 27.4. The zero-order valence-electron chi connectivity index (χ0n) is 10.6. The summed E-state index contributed by atoms with van der Waals surface area (Å²) in [6, 6.07) is 6.00. The molecule has 2 heterocycles. The van der Waals surface area contributed by atoms with Crippen molar-refractivity contribution in [1.29, 1.82) is 0 Å². The summed E-state index contributed by atoms with van der Waals surface area (Å²) in [5.41, 5.74) is 0.310. The van der Waals surface area contributed by atoms with Crippen LogP contribution in [0.3, 0.4) is 0 Å². The maximum atomic E-state index is 12.5. The lowest BCUT2D eigenvalue weighted by molar-refractivity contribution is -0.137. The van der Waals surface area contributed by atoms with Crippen LogP contribution in [0, 0.1) is 5.92 Å². The standard InChI is InChI=1S/C14H17F3N2/c15-14(16,17)11-1-3-12(4-2-11)19-8-6-10-5-7-18-13(10)9-19/h1-4,10,13,18H,5-9H2. The highest BCUT2D eigenvalue weighted by Gasteiger charge is 2.33. The van der Waals surface area contributed by atoms with Crippen molar-refractivity contribution >= 4 is 5.69 Å². The first-order valence-electron chi connectivity index (χ1n) is 6.69. The van der Waals surface area contributed by atoms with Crippen LogP contribution in [-0.4, -0.2) is 25.7 Å². The molecule has 2 aliphatic heterocycles. The van der Waals surface area contributed by atoms with Crippen LogP contribution in [0.4, 0.5) is 18.9 Å². The zero-order chi connectivity index (χ0) is 13.5. The minimum Gasteiger partial charge on any atom is -0.370 e. The number of anilines is 1. The van der Waals surface area contributed by atoms with Gasteiger partial charge in [0, 0.05) is 24.8 Å². The van der Waals surface area contributed by atoms with E-state index in [0.717, 1.165) is 37.7 Å². The van der Waals surface area contributed by atoms with E-state index >= 15 is 0 Å². The van der Waals surface area contributed by atoms with Gasteiger partial charge < -0.3 is 10.2 Å². The van der Waals surface area contributed by atoms with Crippen molar-refractivity contribution in [3.05, 3.63) is 29.8 Å². The maximum Gasteiger partial charge on any atom is 0.416 e. The zero-order valence-corrected chi connectivity index (χ0v) is 10.6. The van der Waals surface area contributed by atoms with Crippen LogP contribution in [-0.2, 0) is 6.18 Å². The Hall–Kier alpha value is -1.23. The Balaban J connectivity index is 1.72. The second-order valence-electron chi connectivity index (χ2n) is 5.39. The number of benzene rings is 1. The van der Waals surface area contributed by atoms with E-state index in [4.69, 9.17) is 0 Å². The summed E-state index contributed by atoms with van der Waals surface area (Å²) in [4.78, 5) is 2.18. The summed E-state index contributed by atoms with van der Waals surface area (Å²) in [6.45, 7) is 2.90. The summed E-state index contributed by atoms with van der Waals surface area (Å²) in [5.74, 6) is 0.741. The topological polar surface area (TPSA) is 15.3 Å². The molecule has 0 radical (unpaired) electrons. The smallest absolute Gasteiger partial charge is 0.370 e. The molecule has 19 heavy (non-hydrogen) atoms. The van der Waals surface area contributed by atoms with E-state index in [0.29, 0.717) is 6.04 Å². The monoisotopic (exact) mass is 270 g/mol. The molecular weight excluding hydrogens is 253 g/mol. The number of alkyl halides is 3. The van der Waals surface area contributed by atoms with Gasteiger partial charge in [0.25, 0.3) is 0 Å². The molecule has 2 unspecified atom stereocenters. The van der Waals surface area contributed by atoms with Crippen molar-refractivity contribution in [2.45, 2.75) is 25.1 Å². The number of nitrogens with one attached hydrogen (secondary N) is 1. The van der Waals surface area contributed by atoms with Gasteiger partial charge >= 0.3 is 6.18 Å². The molecule has 0 aromatic heterocycles. The number of hydrogen-bond acceptors (Lipinski definition) is 2. The number of fused-ring (bicyclic) bond motifs is 1. The first-order valence-corrected chi connectivity index (χ1v) is 6.69. The summed E-state index contributed by atoms with van der Waals surface area (Å²) in [6.07, 6.45) is -1.90. The predicted octanol–water partition coefficient (Wildman–Crippen LogP) is 2.89. The highest BCUT2D eigenvalue weighted by molar-refractivity contribution is 5.48. The van der Waals surface area contributed by atoms with Gasteiger partial charge in [-0.1, -0.05) is 0 Å². The van der Waals surface area contributed by atoms with Gasteiger partial charge in [-0.2, -0.15) is 13.2 Å². The number of hydrogen-bond donors (Lipinski definition) is 1. The minimum absolute atomic E-state index is 0.496. The van der Waals surface area contributed by atoms with Crippen molar-refractivity contribution in [1.82, 2.24) is 5.32 Å². The third-order valence-corrected chi connectivity index (χ3v) is 4.24. The van der Waals surface area contributed by atoms with E-state index in [9.17, 15) is 13.2 Å². The van der Waals surface area contributed by atoms with Gasteiger partial charge in [-0.05, 0) is 49.6 Å². The average molecular weight is 270 g/mol. The summed E-state index contributed by atoms with van der Waals surface area (Å²) in [5, 5.41) is 3.47. The molecule has 3 rings (SSSR count). The van der Waals surface area contributed by atoms with Crippen LogP contribution in [0.25, 0.3) is 0 Å². The number of halogens is 3. The SMILES string of the molecule is FC(F)(F)c1ccc(N2CCC3CCNC3C2)cc1. The summed E-state index contributed by atoms with van der Waals surface area (Å²) in [7, 11) is 0. The van der Waals surface area contributed by atoms with Crippen LogP contribution < -0.4 is 10.2 Å². The third-order valence-electron chi connectivity index (χ3n) is 4.24. The Labute approximate surface area is 110 Å². The van der Waals surface area contributed by atoms with Gasteiger partial charge in [-0.3, -0.25) is 0 Å². The molecule has 2 nitrogen and oxygen atoms in total. The largest absolute Gasteiger partial charge is 0.416 e. The highest BCUT2D eigenvalue weighted by Crippen LogP contribution is 2.32. The summed E-state index contributed by atoms with van der Waals surface area (Å²) < 4.78 is 37.5. The number of rotatable bonds is 1. The fraction of sp³-hybridized carbons (Fsp3) is 0.571. The van der Waals surface area contributed by atoms with Crippen LogP contribution in [0.5, 0.6) is 0 Å². The molecule has 0 bridgehead atoms.